The minimum absolute atomic E-state index is 0.128. The van der Waals surface area contributed by atoms with Crippen LogP contribution in [0.25, 0.3) is 0 Å². The molecule has 0 saturated carbocycles. The summed E-state index contributed by atoms with van der Waals surface area (Å²) in [6.45, 7) is 0.242. The average Bonchev–Trinajstić information content (AvgIpc) is 2.47. The summed E-state index contributed by atoms with van der Waals surface area (Å²) in [6, 6.07) is 12.3. The Balaban J connectivity index is 1.88. The van der Waals surface area contributed by atoms with Crippen LogP contribution >= 0.6 is 0 Å². The van der Waals surface area contributed by atoms with Gasteiger partial charge in [0.2, 0.25) is 0 Å². The normalized spacial score (nSPS) is 12.8. The Kier molecular flexibility index (Phi) is 5.20. The molecule has 0 aliphatic carbocycles. The molecule has 0 fully saturated rings. The van der Waals surface area contributed by atoms with E-state index in [4.69, 9.17) is 4.74 Å². The lowest BCUT2D eigenvalue weighted by Crippen LogP contribution is -2.08. The highest BCUT2D eigenvalue weighted by atomic mass is 32.2. The van der Waals surface area contributed by atoms with Crippen LogP contribution in [0.4, 0.5) is 0 Å². The summed E-state index contributed by atoms with van der Waals surface area (Å²) in [5.74, 6) is 0.955. The summed E-state index contributed by atoms with van der Waals surface area (Å²) < 4.78 is 40.1. The van der Waals surface area contributed by atoms with E-state index in [1.807, 2.05) is 0 Å². The monoisotopic (exact) mass is 340 g/mol. The zero-order valence-corrected chi connectivity index (χ0v) is 13.6. The molecule has 0 aliphatic rings. The number of hydrogen-bond donors (Lipinski definition) is 1. The highest BCUT2D eigenvalue weighted by Crippen LogP contribution is 2.16. The maximum absolute atomic E-state index is 12.0. The number of phenols is 1. The molecule has 0 amide bonds. The van der Waals surface area contributed by atoms with Gasteiger partial charge in [-0.2, -0.15) is 0 Å². The van der Waals surface area contributed by atoms with Crippen molar-refractivity contribution in [2.24, 2.45) is 0 Å². The molecule has 0 spiro atoms. The maximum atomic E-state index is 12.0. The molecule has 0 radical (unpaired) electrons. The molecule has 1 atom stereocenters. The molecule has 0 aromatic heterocycles. The van der Waals surface area contributed by atoms with Gasteiger partial charge in [0.05, 0.1) is 21.4 Å². The van der Waals surface area contributed by atoms with Gasteiger partial charge in [-0.05, 0) is 48.5 Å². The van der Waals surface area contributed by atoms with Crippen LogP contribution in [0.15, 0.2) is 58.3 Å². The van der Waals surface area contributed by atoms with E-state index in [1.54, 1.807) is 24.3 Å². The van der Waals surface area contributed by atoms with Crippen LogP contribution in [0.2, 0.25) is 0 Å². The zero-order valence-electron chi connectivity index (χ0n) is 11.9. The average molecular weight is 340 g/mol. The van der Waals surface area contributed by atoms with Gasteiger partial charge >= 0.3 is 0 Å². The third-order valence-electron chi connectivity index (χ3n) is 2.89. The van der Waals surface area contributed by atoms with E-state index in [0.29, 0.717) is 16.4 Å². The van der Waals surface area contributed by atoms with E-state index in [0.717, 1.165) is 6.26 Å². The van der Waals surface area contributed by atoms with Crippen molar-refractivity contribution in [3.8, 4) is 11.5 Å². The first-order valence-electron chi connectivity index (χ1n) is 6.46. The predicted octanol–water partition coefficient (Wildman–Crippen LogP) is 1.98. The van der Waals surface area contributed by atoms with Crippen molar-refractivity contribution in [2.75, 3.05) is 18.6 Å². The molecular weight excluding hydrogens is 324 g/mol. The van der Waals surface area contributed by atoms with Gasteiger partial charge in [0.15, 0.2) is 9.84 Å². The van der Waals surface area contributed by atoms with Crippen LogP contribution in [-0.2, 0) is 20.6 Å². The Morgan fingerprint density at radius 1 is 1.05 bits per heavy atom. The van der Waals surface area contributed by atoms with Crippen LogP contribution < -0.4 is 4.74 Å². The summed E-state index contributed by atoms with van der Waals surface area (Å²) in [7, 11) is -4.43. The lowest BCUT2D eigenvalue weighted by molar-refractivity contribution is 0.342. The van der Waals surface area contributed by atoms with Crippen molar-refractivity contribution in [3.05, 3.63) is 48.5 Å². The number of hydrogen-bond acceptors (Lipinski definition) is 5. The fourth-order valence-electron chi connectivity index (χ4n) is 1.73. The van der Waals surface area contributed by atoms with Crippen molar-refractivity contribution < 1.29 is 22.5 Å². The van der Waals surface area contributed by atoms with Crippen LogP contribution in [0.1, 0.15) is 0 Å². The highest BCUT2D eigenvalue weighted by molar-refractivity contribution is 7.90. The van der Waals surface area contributed by atoms with Gasteiger partial charge in [-0.25, -0.2) is 8.42 Å². The summed E-state index contributed by atoms with van der Waals surface area (Å²) in [5.41, 5.74) is 0. The first-order chi connectivity index (χ1) is 10.4. The van der Waals surface area contributed by atoms with Crippen molar-refractivity contribution in [1.82, 2.24) is 0 Å². The molecule has 0 bridgehead atoms. The Labute approximate surface area is 131 Å². The molecule has 2 rings (SSSR count). The molecule has 7 heteroatoms. The fraction of sp³-hybridized carbons (Fsp3) is 0.200. The Morgan fingerprint density at radius 3 is 2.18 bits per heavy atom. The predicted molar refractivity (Wildman–Crippen MR) is 84.4 cm³/mol. The van der Waals surface area contributed by atoms with Gasteiger partial charge in [-0.15, -0.1) is 0 Å². The van der Waals surface area contributed by atoms with Gasteiger partial charge < -0.3 is 9.84 Å². The van der Waals surface area contributed by atoms with Crippen molar-refractivity contribution in [1.29, 1.82) is 0 Å². The first-order valence-corrected chi connectivity index (χ1v) is 9.67. The van der Waals surface area contributed by atoms with Gasteiger partial charge in [0, 0.05) is 11.2 Å². The Bertz CT molecular complexity index is 750. The van der Waals surface area contributed by atoms with Crippen LogP contribution in [0.3, 0.4) is 0 Å². The molecule has 0 heterocycles. The summed E-state index contributed by atoms with van der Waals surface area (Å²) >= 11 is 0. The molecule has 5 nitrogen and oxygen atoms in total. The number of rotatable bonds is 6. The lowest BCUT2D eigenvalue weighted by Gasteiger charge is -2.07. The van der Waals surface area contributed by atoms with E-state index in [2.05, 4.69) is 0 Å². The van der Waals surface area contributed by atoms with Gasteiger partial charge in [-0.1, -0.05) is 0 Å². The fourth-order valence-corrected chi connectivity index (χ4v) is 3.27. The maximum Gasteiger partial charge on any atom is 0.175 e. The van der Waals surface area contributed by atoms with Gasteiger partial charge in [-0.3, -0.25) is 4.21 Å². The SMILES string of the molecule is CS(=O)(=O)c1ccc(OCC[S@](=O)c2ccc(O)cc2)cc1. The zero-order chi connectivity index (χ0) is 16.2. The summed E-state index contributed by atoms with van der Waals surface area (Å²) in [5, 5.41) is 9.18. The van der Waals surface area contributed by atoms with Crippen LogP contribution in [0.5, 0.6) is 11.5 Å². The third kappa shape index (κ3) is 4.57. The minimum atomic E-state index is -3.22. The van der Waals surface area contributed by atoms with Crippen molar-refractivity contribution >= 4 is 20.6 Å². The van der Waals surface area contributed by atoms with Crippen LogP contribution in [0, 0.1) is 0 Å². The number of phenolic OH excluding ortho intramolecular Hbond substituents is 1. The largest absolute Gasteiger partial charge is 0.508 e. The van der Waals surface area contributed by atoms with E-state index in [1.165, 1.54) is 24.3 Å². The smallest absolute Gasteiger partial charge is 0.175 e. The van der Waals surface area contributed by atoms with E-state index in [9.17, 15) is 17.7 Å². The van der Waals surface area contributed by atoms with Gasteiger partial charge in [0.1, 0.15) is 18.1 Å². The van der Waals surface area contributed by atoms with Crippen molar-refractivity contribution in [3.63, 3.8) is 0 Å². The molecule has 0 aliphatic heterocycles. The van der Waals surface area contributed by atoms with E-state index in [-0.39, 0.29) is 17.3 Å². The second-order valence-electron chi connectivity index (χ2n) is 4.64. The van der Waals surface area contributed by atoms with Crippen molar-refractivity contribution in [2.45, 2.75) is 9.79 Å². The topological polar surface area (TPSA) is 80.7 Å². The van der Waals surface area contributed by atoms with E-state index >= 15 is 0 Å². The van der Waals surface area contributed by atoms with Crippen LogP contribution in [-0.4, -0.2) is 36.3 Å². The molecule has 2 aromatic carbocycles. The first kappa shape index (κ1) is 16.5. The molecular formula is C15H16O5S2. The molecule has 1 N–H and O–H groups in total. The van der Waals surface area contributed by atoms with E-state index < -0.39 is 20.6 Å². The second-order valence-corrected chi connectivity index (χ2v) is 8.22. The third-order valence-corrected chi connectivity index (χ3v) is 5.35. The lowest BCUT2D eigenvalue weighted by atomic mass is 10.3. The molecule has 2 aromatic rings. The Morgan fingerprint density at radius 2 is 1.64 bits per heavy atom. The minimum Gasteiger partial charge on any atom is -0.508 e. The second kappa shape index (κ2) is 6.93. The standard InChI is InChI=1S/C15H16O5S2/c1-22(18,19)15-8-4-13(5-9-15)20-10-11-21(17)14-6-2-12(16)3-7-14/h2-9,16H,10-11H2,1H3/t21-/m0/s1. The highest BCUT2D eigenvalue weighted by Gasteiger charge is 2.07. The molecule has 118 valence electrons. The number of benzene rings is 2. The molecule has 22 heavy (non-hydrogen) atoms. The number of aromatic hydroxyl groups is 1. The number of ether oxygens (including phenoxy) is 1. The quantitative estimate of drug-likeness (QED) is 0.870. The summed E-state index contributed by atoms with van der Waals surface area (Å²) in [4.78, 5) is 0.848. The van der Waals surface area contributed by atoms with Gasteiger partial charge in [0.25, 0.3) is 0 Å². The molecule has 0 saturated heterocycles. The summed E-state index contributed by atoms with van der Waals surface area (Å²) in [6.07, 6.45) is 1.14. The number of sulfone groups is 1. The Hall–Kier alpha value is -1.86. The molecule has 0 unspecified atom stereocenters.